The number of phenolic OH excluding ortho intramolecular Hbond substituents is 1. The van der Waals surface area contributed by atoms with E-state index in [9.17, 15) is 9.90 Å². The molecule has 8 heteroatoms. The van der Waals surface area contributed by atoms with Crippen molar-refractivity contribution in [3.63, 3.8) is 0 Å². The normalized spacial score (nSPS) is 10.9. The fourth-order valence-electron chi connectivity index (χ4n) is 2.40. The molecule has 2 N–H and O–H groups in total. The summed E-state index contributed by atoms with van der Waals surface area (Å²) in [5.74, 6) is 0.0210. The Balaban J connectivity index is 1.62. The van der Waals surface area contributed by atoms with Gasteiger partial charge >= 0.3 is 0 Å². The van der Waals surface area contributed by atoms with Crippen molar-refractivity contribution in [2.24, 2.45) is 5.10 Å². The number of ether oxygens (including phenoxy) is 1. The van der Waals surface area contributed by atoms with Gasteiger partial charge in [0.2, 0.25) is 0 Å². The monoisotopic (exact) mass is 536 g/mol. The number of carbonyl (C=O) groups is 1. The summed E-state index contributed by atoms with van der Waals surface area (Å²) in [7, 11) is 0. The van der Waals surface area contributed by atoms with Gasteiger partial charge in [-0.2, -0.15) is 5.10 Å². The zero-order valence-corrected chi connectivity index (χ0v) is 18.8. The minimum Gasteiger partial charge on any atom is -0.507 e. The van der Waals surface area contributed by atoms with Crippen molar-refractivity contribution in [2.45, 2.75) is 6.61 Å². The largest absolute Gasteiger partial charge is 0.507 e. The number of carbonyl (C=O) groups excluding carboxylic acids is 1. The molecule has 1 amide bonds. The zero-order valence-electron chi connectivity index (χ0n) is 14.9. The Morgan fingerprint density at radius 1 is 1.14 bits per heavy atom. The van der Waals surface area contributed by atoms with E-state index in [1.165, 1.54) is 18.3 Å². The minimum absolute atomic E-state index is 0.122. The van der Waals surface area contributed by atoms with Crippen molar-refractivity contribution in [3.8, 4) is 11.5 Å². The van der Waals surface area contributed by atoms with Gasteiger partial charge in [0.15, 0.2) is 0 Å². The van der Waals surface area contributed by atoms with Gasteiger partial charge in [-0.15, -0.1) is 0 Å². The van der Waals surface area contributed by atoms with Crippen molar-refractivity contribution < 1.29 is 14.6 Å². The summed E-state index contributed by atoms with van der Waals surface area (Å²) < 4.78 is 7.23. The molecule has 5 nitrogen and oxygen atoms in total. The summed E-state index contributed by atoms with van der Waals surface area (Å²) in [6.07, 6.45) is 1.50. The Labute approximate surface area is 189 Å². The zero-order chi connectivity index (χ0) is 20.8. The van der Waals surface area contributed by atoms with Gasteiger partial charge in [0.1, 0.15) is 18.1 Å². The Kier molecular flexibility index (Phi) is 7.30. The summed E-state index contributed by atoms with van der Waals surface area (Å²) in [6.45, 7) is 0.345. The van der Waals surface area contributed by atoms with Crippen LogP contribution in [-0.2, 0) is 6.61 Å². The second kappa shape index (κ2) is 9.91. The third kappa shape index (κ3) is 5.82. The van der Waals surface area contributed by atoms with Crippen molar-refractivity contribution in [2.75, 3.05) is 0 Å². The number of halogens is 3. The lowest BCUT2D eigenvalue weighted by Gasteiger charge is -2.10. The predicted octanol–water partition coefficient (Wildman–Crippen LogP) is 5.91. The Morgan fingerprint density at radius 2 is 1.93 bits per heavy atom. The third-order valence-electron chi connectivity index (χ3n) is 3.88. The molecule has 0 bridgehead atoms. The fourth-order valence-corrected chi connectivity index (χ4v) is 3.46. The van der Waals surface area contributed by atoms with Crippen LogP contribution < -0.4 is 10.2 Å². The molecule has 0 fully saturated rings. The number of amides is 1. The molecule has 0 atom stereocenters. The summed E-state index contributed by atoms with van der Waals surface area (Å²) in [4.78, 5) is 12.1. The van der Waals surface area contributed by atoms with Gasteiger partial charge in [-0.25, -0.2) is 5.43 Å². The molecular formula is C21H15Br2ClN2O3. The lowest BCUT2D eigenvalue weighted by atomic mass is 10.2. The molecule has 3 aromatic carbocycles. The standard InChI is InChI=1S/C21H15Br2ClN2O3/c22-15-6-7-19(27)16(10-15)21(28)26-25-11-13-5-8-20(17(23)9-13)29-12-14-3-1-2-4-18(14)24/h1-11,27H,12H2,(H,26,28)/b25-11+. The SMILES string of the molecule is O=C(N/N=C/c1ccc(OCc2ccccc2Cl)c(Br)c1)c1cc(Br)ccc1O. The molecule has 0 saturated carbocycles. The van der Waals surface area contributed by atoms with Crippen LogP contribution in [0.2, 0.25) is 5.02 Å². The highest BCUT2D eigenvalue weighted by atomic mass is 79.9. The van der Waals surface area contributed by atoms with E-state index in [1.54, 1.807) is 18.2 Å². The quantitative estimate of drug-likeness (QED) is 0.303. The third-order valence-corrected chi connectivity index (χ3v) is 5.36. The van der Waals surface area contributed by atoms with Gasteiger partial charge in [0.25, 0.3) is 5.91 Å². The molecule has 3 rings (SSSR count). The van der Waals surface area contributed by atoms with E-state index in [2.05, 4.69) is 42.4 Å². The Bertz CT molecular complexity index is 1070. The lowest BCUT2D eigenvalue weighted by Crippen LogP contribution is -2.17. The van der Waals surface area contributed by atoms with E-state index >= 15 is 0 Å². The van der Waals surface area contributed by atoms with Crippen LogP contribution in [0.25, 0.3) is 0 Å². The molecule has 0 heterocycles. The maximum Gasteiger partial charge on any atom is 0.275 e. The highest BCUT2D eigenvalue weighted by Crippen LogP contribution is 2.27. The lowest BCUT2D eigenvalue weighted by molar-refractivity contribution is 0.0952. The number of phenols is 1. The number of hydrazone groups is 1. The molecular weight excluding hydrogens is 524 g/mol. The molecule has 0 unspecified atom stereocenters. The van der Waals surface area contributed by atoms with E-state index < -0.39 is 5.91 Å². The van der Waals surface area contributed by atoms with Gasteiger partial charge in [0.05, 0.1) is 16.3 Å². The molecule has 0 aliphatic rings. The summed E-state index contributed by atoms with van der Waals surface area (Å²) in [6, 6.07) is 17.5. The van der Waals surface area contributed by atoms with E-state index in [0.29, 0.717) is 21.9 Å². The molecule has 0 aliphatic heterocycles. The Morgan fingerprint density at radius 3 is 2.69 bits per heavy atom. The molecule has 0 radical (unpaired) electrons. The fraction of sp³-hybridized carbons (Fsp3) is 0.0476. The van der Waals surface area contributed by atoms with Crippen molar-refractivity contribution in [1.29, 1.82) is 0 Å². The number of hydrogen-bond acceptors (Lipinski definition) is 4. The van der Waals surface area contributed by atoms with Crippen LogP contribution in [0, 0.1) is 0 Å². The van der Waals surface area contributed by atoms with Gasteiger partial charge in [0, 0.05) is 15.1 Å². The number of benzene rings is 3. The van der Waals surface area contributed by atoms with E-state index in [0.717, 1.165) is 15.6 Å². The van der Waals surface area contributed by atoms with Crippen LogP contribution in [0.4, 0.5) is 0 Å². The van der Waals surface area contributed by atoms with Crippen molar-refractivity contribution in [3.05, 3.63) is 91.3 Å². The van der Waals surface area contributed by atoms with Crippen LogP contribution in [0.1, 0.15) is 21.5 Å². The van der Waals surface area contributed by atoms with Crippen LogP contribution in [0.5, 0.6) is 11.5 Å². The van der Waals surface area contributed by atoms with E-state index in [1.807, 2.05) is 30.3 Å². The summed E-state index contributed by atoms with van der Waals surface area (Å²) in [5, 5.41) is 14.4. The highest BCUT2D eigenvalue weighted by molar-refractivity contribution is 9.10. The first-order valence-electron chi connectivity index (χ1n) is 8.41. The van der Waals surface area contributed by atoms with Crippen molar-refractivity contribution >= 4 is 55.6 Å². The minimum atomic E-state index is -0.515. The maximum atomic E-state index is 12.1. The molecule has 0 spiro atoms. The van der Waals surface area contributed by atoms with Crippen molar-refractivity contribution in [1.82, 2.24) is 5.43 Å². The first-order valence-corrected chi connectivity index (χ1v) is 10.4. The molecule has 29 heavy (non-hydrogen) atoms. The average molecular weight is 539 g/mol. The number of aromatic hydroxyl groups is 1. The van der Waals surface area contributed by atoms with Crippen LogP contribution in [0.3, 0.4) is 0 Å². The topological polar surface area (TPSA) is 70.9 Å². The van der Waals surface area contributed by atoms with Crippen LogP contribution in [-0.4, -0.2) is 17.2 Å². The Hall–Kier alpha value is -2.35. The number of hydrogen-bond donors (Lipinski definition) is 2. The average Bonchev–Trinajstić information content (AvgIpc) is 2.70. The second-order valence-corrected chi connectivity index (χ2v) is 8.11. The molecule has 0 saturated heterocycles. The molecule has 148 valence electrons. The van der Waals surface area contributed by atoms with Crippen LogP contribution >= 0.6 is 43.5 Å². The van der Waals surface area contributed by atoms with Gasteiger partial charge in [-0.05, 0) is 64.0 Å². The first-order chi connectivity index (χ1) is 13.9. The van der Waals surface area contributed by atoms with Crippen LogP contribution in [0.15, 0.2) is 74.7 Å². The van der Waals surface area contributed by atoms with Gasteiger partial charge in [-0.3, -0.25) is 4.79 Å². The number of nitrogens with zero attached hydrogens (tertiary/aromatic N) is 1. The van der Waals surface area contributed by atoms with E-state index in [-0.39, 0.29) is 11.3 Å². The maximum absolute atomic E-state index is 12.1. The number of nitrogens with one attached hydrogen (secondary N) is 1. The summed E-state index contributed by atoms with van der Waals surface area (Å²) >= 11 is 12.9. The smallest absolute Gasteiger partial charge is 0.275 e. The van der Waals surface area contributed by atoms with Gasteiger partial charge < -0.3 is 9.84 Å². The van der Waals surface area contributed by atoms with E-state index in [4.69, 9.17) is 16.3 Å². The highest BCUT2D eigenvalue weighted by Gasteiger charge is 2.10. The van der Waals surface area contributed by atoms with Gasteiger partial charge in [-0.1, -0.05) is 45.7 Å². The molecule has 0 aliphatic carbocycles. The molecule has 3 aromatic rings. The molecule has 0 aromatic heterocycles. The predicted molar refractivity (Wildman–Crippen MR) is 121 cm³/mol. The summed E-state index contributed by atoms with van der Waals surface area (Å²) in [5.41, 5.74) is 4.16. The first kappa shape index (κ1) is 21.4. The second-order valence-electron chi connectivity index (χ2n) is 5.93. The number of rotatable bonds is 6.